The van der Waals surface area contributed by atoms with Gasteiger partial charge in [0.15, 0.2) is 11.5 Å². The molecule has 1 aromatic rings. The average Bonchev–Trinajstić information content (AvgIpc) is 3.21. The molecule has 0 radical (unpaired) electrons. The SMILES string of the molecule is O=C(NC1CC1)C(Cl)c1cc(Br)c2c(c1)OCCO2. The normalized spacial score (nSPS) is 18.8. The Morgan fingerprint density at radius 3 is 2.84 bits per heavy atom. The van der Waals surface area contributed by atoms with Crippen molar-refractivity contribution in [2.24, 2.45) is 0 Å². The van der Waals surface area contributed by atoms with Gasteiger partial charge in [-0.15, -0.1) is 11.6 Å². The average molecular weight is 347 g/mol. The van der Waals surface area contributed by atoms with Gasteiger partial charge >= 0.3 is 0 Å². The van der Waals surface area contributed by atoms with Gasteiger partial charge in [0, 0.05) is 6.04 Å². The molecule has 4 nitrogen and oxygen atoms in total. The number of hydrogen-bond acceptors (Lipinski definition) is 3. The zero-order valence-electron chi connectivity index (χ0n) is 10.1. The number of nitrogens with one attached hydrogen (secondary N) is 1. The Morgan fingerprint density at radius 1 is 1.37 bits per heavy atom. The topological polar surface area (TPSA) is 47.6 Å². The van der Waals surface area contributed by atoms with Crippen LogP contribution in [0.5, 0.6) is 11.5 Å². The van der Waals surface area contributed by atoms with Crippen molar-refractivity contribution in [2.45, 2.75) is 24.3 Å². The van der Waals surface area contributed by atoms with E-state index in [0.717, 1.165) is 17.3 Å². The summed E-state index contributed by atoms with van der Waals surface area (Å²) >= 11 is 9.63. The number of hydrogen-bond donors (Lipinski definition) is 1. The smallest absolute Gasteiger partial charge is 0.242 e. The van der Waals surface area contributed by atoms with Gasteiger partial charge in [0.25, 0.3) is 0 Å². The van der Waals surface area contributed by atoms with Crippen LogP contribution >= 0.6 is 27.5 Å². The monoisotopic (exact) mass is 345 g/mol. The molecule has 102 valence electrons. The van der Waals surface area contributed by atoms with E-state index in [9.17, 15) is 4.79 Å². The highest BCUT2D eigenvalue weighted by Gasteiger charge is 2.28. The molecule has 0 spiro atoms. The van der Waals surface area contributed by atoms with Crippen molar-refractivity contribution in [3.63, 3.8) is 0 Å². The third-order valence-electron chi connectivity index (χ3n) is 3.07. The number of ether oxygens (including phenoxy) is 2. The standard InChI is InChI=1S/C13H13BrClNO3/c14-9-5-7(6-10-12(9)19-4-3-18-10)11(15)13(17)16-8-1-2-8/h5-6,8,11H,1-4H2,(H,16,17). The van der Waals surface area contributed by atoms with E-state index < -0.39 is 5.38 Å². The van der Waals surface area contributed by atoms with E-state index in [0.29, 0.717) is 36.3 Å². The summed E-state index contributed by atoms with van der Waals surface area (Å²) in [5.41, 5.74) is 0.705. The Bertz CT molecular complexity index is 519. The first-order valence-corrected chi connectivity index (χ1v) is 7.41. The van der Waals surface area contributed by atoms with E-state index in [2.05, 4.69) is 21.2 Å². The quantitative estimate of drug-likeness (QED) is 0.856. The molecule has 0 aromatic heterocycles. The molecule has 6 heteroatoms. The minimum atomic E-state index is -0.715. The molecule has 1 saturated carbocycles. The number of alkyl halides is 1. The first-order valence-electron chi connectivity index (χ1n) is 6.18. The fraction of sp³-hybridized carbons (Fsp3) is 0.462. The Balaban J connectivity index is 1.83. The van der Waals surface area contributed by atoms with Crippen LogP contribution in [0.3, 0.4) is 0 Å². The molecular formula is C13H13BrClNO3. The number of benzene rings is 1. The maximum absolute atomic E-state index is 11.9. The van der Waals surface area contributed by atoms with Gasteiger partial charge in [-0.1, -0.05) is 0 Å². The van der Waals surface area contributed by atoms with Crippen LogP contribution in [0.2, 0.25) is 0 Å². The molecule has 1 unspecified atom stereocenters. The highest BCUT2D eigenvalue weighted by molar-refractivity contribution is 9.10. The minimum absolute atomic E-state index is 0.159. The number of amides is 1. The van der Waals surface area contributed by atoms with Gasteiger partial charge in [0.2, 0.25) is 5.91 Å². The van der Waals surface area contributed by atoms with Crippen LogP contribution in [0.4, 0.5) is 0 Å². The Labute approximate surface area is 124 Å². The first kappa shape index (κ1) is 13.1. The summed E-state index contributed by atoms with van der Waals surface area (Å²) in [5.74, 6) is 1.13. The summed E-state index contributed by atoms with van der Waals surface area (Å²) in [6.45, 7) is 1.03. The third kappa shape index (κ3) is 2.82. The van der Waals surface area contributed by atoms with Crippen molar-refractivity contribution >= 4 is 33.4 Å². The van der Waals surface area contributed by atoms with Gasteiger partial charge in [-0.05, 0) is 46.5 Å². The summed E-state index contributed by atoms with van der Waals surface area (Å²) in [6, 6.07) is 3.87. The van der Waals surface area contributed by atoms with Crippen molar-refractivity contribution < 1.29 is 14.3 Å². The second-order valence-electron chi connectivity index (χ2n) is 4.67. The summed E-state index contributed by atoms with van der Waals surface area (Å²) < 4.78 is 11.8. The number of carbonyl (C=O) groups excluding carboxylic acids is 1. The Kier molecular flexibility index (Phi) is 3.58. The molecule has 0 bridgehead atoms. The first-order chi connectivity index (χ1) is 9.15. The second kappa shape index (κ2) is 5.21. The van der Waals surface area contributed by atoms with Gasteiger partial charge < -0.3 is 14.8 Å². The van der Waals surface area contributed by atoms with Crippen LogP contribution in [0.1, 0.15) is 23.8 Å². The van der Waals surface area contributed by atoms with Gasteiger partial charge in [0.05, 0.1) is 4.47 Å². The molecule has 0 saturated heterocycles. The zero-order chi connectivity index (χ0) is 13.4. The molecule has 2 aliphatic rings. The van der Waals surface area contributed by atoms with Crippen molar-refractivity contribution in [2.75, 3.05) is 13.2 Å². The molecule has 1 heterocycles. The van der Waals surface area contributed by atoms with Crippen molar-refractivity contribution in [1.82, 2.24) is 5.32 Å². The van der Waals surface area contributed by atoms with Crippen LogP contribution in [-0.4, -0.2) is 25.2 Å². The lowest BCUT2D eigenvalue weighted by atomic mass is 10.1. The van der Waals surface area contributed by atoms with Crippen LogP contribution in [-0.2, 0) is 4.79 Å². The molecule has 1 fully saturated rings. The molecule has 1 amide bonds. The van der Waals surface area contributed by atoms with E-state index in [4.69, 9.17) is 21.1 Å². The lowest BCUT2D eigenvalue weighted by Gasteiger charge is -2.21. The maximum Gasteiger partial charge on any atom is 0.242 e. The lowest BCUT2D eigenvalue weighted by Crippen LogP contribution is -2.28. The van der Waals surface area contributed by atoms with Crippen molar-refractivity contribution in [3.8, 4) is 11.5 Å². The molecule has 19 heavy (non-hydrogen) atoms. The van der Waals surface area contributed by atoms with E-state index in [-0.39, 0.29) is 5.91 Å². The van der Waals surface area contributed by atoms with E-state index in [1.54, 1.807) is 12.1 Å². The van der Waals surface area contributed by atoms with Gasteiger partial charge in [-0.3, -0.25) is 4.79 Å². The second-order valence-corrected chi connectivity index (χ2v) is 5.96. The number of carbonyl (C=O) groups is 1. The molecule has 1 atom stereocenters. The largest absolute Gasteiger partial charge is 0.486 e. The van der Waals surface area contributed by atoms with Gasteiger partial charge in [-0.2, -0.15) is 0 Å². The summed E-state index contributed by atoms with van der Waals surface area (Å²) in [4.78, 5) is 11.9. The van der Waals surface area contributed by atoms with E-state index in [1.165, 1.54) is 0 Å². The number of fused-ring (bicyclic) bond motifs is 1. The Hall–Kier alpha value is -0.940. The van der Waals surface area contributed by atoms with Crippen LogP contribution in [0.25, 0.3) is 0 Å². The molecule has 1 N–H and O–H groups in total. The molecule has 1 aliphatic carbocycles. The predicted octanol–water partition coefficient (Wildman–Crippen LogP) is 2.78. The van der Waals surface area contributed by atoms with Crippen LogP contribution < -0.4 is 14.8 Å². The lowest BCUT2D eigenvalue weighted by molar-refractivity contribution is -0.121. The summed E-state index contributed by atoms with van der Waals surface area (Å²) in [6.07, 6.45) is 2.08. The third-order valence-corrected chi connectivity index (χ3v) is 4.10. The highest BCUT2D eigenvalue weighted by atomic mass is 79.9. The molecule has 3 rings (SSSR count). The molecule has 1 aliphatic heterocycles. The fourth-order valence-corrected chi connectivity index (χ4v) is 2.69. The fourth-order valence-electron chi connectivity index (χ4n) is 1.93. The minimum Gasteiger partial charge on any atom is -0.486 e. The number of rotatable bonds is 3. The van der Waals surface area contributed by atoms with E-state index >= 15 is 0 Å². The highest BCUT2D eigenvalue weighted by Crippen LogP contribution is 2.41. The number of halogens is 2. The van der Waals surface area contributed by atoms with Gasteiger partial charge in [0.1, 0.15) is 18.6 Å². The summed E-state index contributed by atoms with van der Waals surface area (Å²) in [5, 5.41) is 2.18. The maximum atomic E-state index is 11.9. The van der Waals surface area contributed by atoms with Gasteiger partial charge in [-0.25, -0.2) is 0 Å². The zero-order valence-corrected chi connectivity index (χ0v) is 12.5. The summed E-state index contributed by atoms with van der Waals surface area (Å²) in [7, 11) is 0. The van der Waals surface area contributed by atoms with Crippen molar-refractivity contribution in [3.05, 3.63) is 22.2 Å². The van der Waals surface area contributed by atoms with E-state index in [1.807, 2.05) is 0 Å². The van der Waals surface area contributed by atoms with Crippen LogP contribution in [0, 0.1) is 0 Å². The van der Waals surface area contributed by atoms with Crippen molar-refractivity contribution in [1.29, 1.82) is 0 Å². The Morgan fingerprint density at radius 2 is 2.11 bits per heavy atom. The van der Waals surface area contributed by atoms with Crippen LogP contribution in [0.15, 0.2) is 16.6 Å². The predicted molar refractivity (Wildman–Crippen MR) is 74.9 cm³/mol. The molecule has 1 aromatic carbocycles. The molecular weight excluding hydrogens is 334 g/mol.